The molecule has 2 aromatic carbocycles. The molecule has 0 aliphatic carbocycles. The van der Waals surface area contributed by atoms with E-state index in [0.29, 0.717) is 36.0 Å². The topological polar surface area (TPSA) is 36.4 Å². The van der Waals surface area contributed by atoms with Crippen LogP contribution in [0, 0.1) is 17.5 Å². The number of carbonyl (C=O) groups is 1. The molecule has 140 valence electrons. The molecular weight excluding hydrogens is 399 g/mol. The minimum atomic E-state index is -0.688. The second kappa shape index (κ2) is 7.01. The van der Waals surface area contributed by atoms with Crippen molar-refractivity contribution in [2.45, 2.75) is 0 Å². The van der Waals surface area contributed by atoms with Gasteiger partial charge >= 0.3 is 0 Å². The van der Waals surface area contributed by atoms with E-state index in [1.807, 2.05) is 4.90 Å². The summed E-state index contributed by atoms with van der Waals surface area (Å²) < 4.78 is 40.8. The zero-order valence-corrected chi connectivity index (χ0v) is 15.5. The average molecular weight is 412 g/mol. The smallest absolute Gasteiger partial charge is 0.255 e. The van der Waals surface area contributed by atoms with Gasteiger partial charge in [-0.3, -0.25) is 4.79 Å². The maximum absolute atomic E-state index is 13.8. The van der Waals surface area contributed by atoms with Crippen molar-refractivity contribution in [2.75, 3.05) is 31.1 Å². The number of anilines is 1. The highest BCUT2D eigenvalue weighted by molar-refractivity contribution is 7.22. The van der Waals surface area contributed by atoms with Gasteiger partial charge in [-0.05, 0) is 24.3 Å². The fraction of sp³-hybridized carbons (Fsp3) is 0.222. The van der Waals surface area contributed by atoms with Crippen molar-refractivity contribution in [3.63, 3.8) is 0 Å². The van der Waals surface area contributed by atoms with Crippen molar-refractivity contribution in [1.82, 2.24) is 9.88 Å². The Labute approximate surface area is 161 Å². The minimum Gasteiger partial charge on any atom is -0.345 e. The number of amides is 1. The number of hydrogen-bond donors (Lipinski definition) is 0. The number of thiazole rings is 1. The molecule has 0 saturated carbocycles. The molecule has 1 fully saturated rings. The van der Waals surface area contributed by atoms with Crippen molar-refractivity contribution < 1.29 is 18.0 Å². The summed E-state index contributed by atoms with van der Waals surface area (Å²) in [6.07, 6.45) is 0. The van der Waals surface area contributed by atoms with Crippen LogP contribution in [-0.4, -0.2) is 42.0 Å². The monoisotopic (exact) mass is 411 g/mol. The number of halogens is 4. The van der Waals surface area contributed by atoms with E-state index < -0.39 is 17.5 Å². The molecule has 0 unspecified atom stereocenters. The molecule has 1 aromatic heterocycles. The Hall–Kier alpha value is -2.32. The van der Waals surface area contributed by atoms with Crippen LogP contribution >= 0.6 is 22.9 Å². The molecule has 27 heavy (non-hydrogen) atoms. The molecule has 1 aliphatic heterocycles. The molecule has 0 N–H and O–H groups in total. The van der Waals surface area contributed by atoms with Crippen molar-refractivity contribution in [3.8, 4) is 0 Å². The van der Waals surface area contributed by atoms with Crippen LogP contribution in [0.1, 0.15) is 10.4 Å². The Balaban J connectivity index is 1.49. The van der Waals surface area contributed by atoms with E-state index >= 15 is 0 Å². The molecular formula is C18H13ClF3N3OS. The minimum absolute atomic E-state index is 0.0751. The lowest BCUT2D eigenvalue weighted by atomic mass is 10.1. The third-order valence-electron chi connectivity index (χ3n) is 4.40. The summed E-state index contributed by atoms with van der Waals surface area (Å²) in [5.74, 6) is -2.09. The number of hydrogen-bond acceptors (Lipinski definition) is 4. The summed E-state index contributed by atoms with van der Waals surface area (Å²) in [7, 11) is 0. The predicted octanol–water partition coefficient (Wildman–Crippen LogP) is 4.33. The molecule has 0 atom stereocenters. The second-order valence-corrected chi connectivity index (χ2v) is 7.55. The molecule has 4 rings (SSSR count). The number of fused-ring (bicyclic) bond motifs is 1. The van der Waals surface area contributed by atoms with Gasteiger partial charge in [-0.2, -0.15) is 0 Å². The van der Waals surface area contributed by atoms with Crippen LogP contribution in [0.5, 0.6) is 0 Å². The van der Waals surface area contributed by atoms with Crippen molar-refractivity contribution in [2.24, 2.45) is 0 Å². The molecule has 0 spiro atoms. The van der Waals surface area contributed by atoms with E-state index in [1.54, 1.807) is 4.90 Å². The first-order valence-electron chi connectivity index (χ1n) is 8.17. The Kier molecular flexibility index (Phi) is 4.69. The largest absolute Gasteiger partial charge is 0.345 e. The Morgan fingerprint density at radius 2 is 1.78 bits per heavy atom. The molecule has 1 aliphatic rings. The number of carbonyl (C=O) groups excluding carboxylic acids is 1. The Morgan fingerprint density at radius 1 is 1.04 bits per heavy atom. The van der Waals surface area contributed by atoms with Crippen molar-refractivity contribution in [3.05, 3.63) is 58.4 Å². The lowest BCUT2D eigenvalue weighted by Gasteiger charge is -2.34. The molecule has 0 radical (unpaired) electrons. The Morgan fingerprint density at radius 3 is 2.48 bits per heavy atom. The highest BCUT2D eigenvalue weighted by Crippen LogP contribution is 2.31. The molecule has 0 bridgehead atoms. The summed E-state index contributed by atoms with van der Waals surface area (Å²) in [6.45, 7) is 1.82. The zero-order valence-electron chi connectivity index (χ0n) is 13.9. The molecule has 2 heterocycles. The number of nitrogens with zero attached hydrogens (tertiary/aromatic N) is 3. The van der Waals surface area contributed by atoms with Gasteiger partial charge in [0.25, 0.3) is 5.91 Å². The summed E-state index contributed by atoms with van der Waals surface area (Å²) in [5, 5.41) is 0.660. The highest BCUT2D eigenvalue weighted by Gasteiger charge is 2.25. The van der Waals surface area contributed by atoms with Crippen LogP contribution in [0.2, 0.25) is 5.02 Å². The van der Waals surface area contributed by atoms with Gasteiger partial charge < -0.3 is 9.80 Å². The molecule has 9 heteroatoms. The number of aromatic nitrogens is 1. The molecule has 1 saturated heterocycles. The van der Waals surface area contributed by atoms with Crippen LogP contribution in [0.15, 0.2) is 30.3 Å². The third-order valence-corrected chi connectivity index (χ3v) is 5.78. The number of piperazine rings is 1. The van der Waals surface area contributed by atoms with Crippen molar-refractivity contribution >= 4 is 44.2 Å². The lowest BCUT2D eigenvalue weighted by Crippen LogP contribution is -2.48. The fourth-order valence-corrected chi connectivity index (χ4v) is 4.32. The van der Waals surface area contributed by atoms with E-state index in [1.165, 1.54) is 29.5 Å². The predicted molar refractivity (Wildman–Crippen MR) is 99.1 cm³/mol. The number of benzene rings is 2. The molecule has 3 aromatic rings. The van der Waals surface area contributed by atoms with Gasteiger partial charge in [0.05, 0.1) is 15.3 Å². The quantitative estimate of drug-likeness (QED) is 0.629. The lowest BCUT2D eigenvalue weighted by molar-refractivity contribution is 0.0747. The van der Waals surface area contributed by atoms with Crippen LogP contribution in [0.4, 0.5) is 18.3 Å². The van der Waals surface area contributed by atoms with Crippen molar-refractivity contribution in [1.29, 1.82) is 0 Å². The van der Waals surface area contributed by atoms with E-state index in [-0.39, 0.29) is 22.0 Å². The van der Waals surface area contributed by atoms with Gasteiger partial charge in [0, 0.05) is 32.2 Å². The van der Waals surface area contributed by atoms with Crippen LogP contribution < -0.4 is 4.90 Å². The second-order valence-electron chi connectivity index (χ2n) is 6.13. The first-order valence-corrected chi connectivity index (χ1v) is 9.36. The van der Waals surface area contributed by atoms with Crippen LogP contribution in [-0.2, 0) is 0 Å². The SMILES string of the molecule is O=C(c1ccc(F)cc1Cl)N1CCN(c2nc3c(F)cc(F)cc3s2)CC1. The van der Waals surface area contributed by atoms with Gasteiger partial charge in [0.1, 0.15) is 17.2 Å². The van der Waals surface area contributed by atoms with E-state index in [9.17, 15) is 18.0 Å². The van der Waals surface area contributed by atoms with Gasteiger partial charge in [-0.25, -0.2) is 18.2 Å². The number of rotatable bonds is 2. The first kappa shape index (κ1) is 18.1. The molecule has 4 nitrogen and oxygen atoms in total. The standard InChI is InChI=1S/C18H13ClF3N3OS/c19-13-7-10(20)1-2-12(13)17(26)24-3-5-25(6-4-24)18-23-16-14(22)8-11(21)9-15(16)27-18/h1-2,7-9H,3-6H2. The maximum Gasteiger partial charge on any atom is 0.255 e. The van der Waals surface area contributed by atoms with E-state index in [2.05, 4.69) is 4.98 Å². The summed E-state index contributed by atoms with van der Waals surface area (Å²) >= 11 is 7.18. The average Bonchev–Trinajstić information content (AvgIpc) is 3.06. The summed E-state index contributed by atoms with van der Waals surface area (Å²) in [4.78, 5) is 20.4. The first-order chi connectivity index (χ1) is 12.9. The zero-order chi connectivity index (χ0) is 19.1. The van der Waals surface area contributed by atoms with Gasteiger partial charge in [0.15, 0.2) is 10.9 Å². The summed E-state index contributed by atoms with van der Waals surface area (Å²) in [5.41, 5.74) is 0.400. The Bertz CT molecular complexity index is 1030. The molecule has 1 amide bonds. The van der Waals surface area contributed by atoms with Gasteiger partial charge in [-0.15, -0.1) is 0 Å². The third kappa shape index (κ3) is 3.46. The fourth-order valence-electron chi connectivity index (χ4n) is 3.01. The highest BCUT2D eigenvalue weighted by atomic mass is 35.5. The summed E-state index contributed by atoms with van der Waals surface area (Å²) in [6, 6.07) is 5.76. The van der Waals surface area contributed by atoms with Crippen LogP contribution in [0.25, 0.3) is 10.2 Å². The van der Waals surface area contributed by atoms with E-state index in [0.717, 1.165) is 12.1 Å². The maximum atomic E-state index is 13.8. The van der Waals surface area contributed by atoms with Crippen LogP contribution in [0.3, 0.4) is 0 Å². The van der Waals surface area contributed by atoms with E-state index in [4.69, 9.17) is 11.6 Å². The van der Waals surface area contributed by atoms with Gasteiger partial charge in [0.2, 0.25) is 0 Å². The normalized spacial score (nSPS) is 14.8. The van der Waals surface area contributed by atoms with Gasteiger partial charge in [-0.1, -0.05) is 22.9 Å².